The van der Waals surface area contributed by atoms with Gasteiger partial charge in [-0.3, -0.25) is 9.59 Å². The normalized spacial score (nSPS) is 7.09. The molecule has 3 nitrogen and oxygen atoms in total. The van der Waals surface area contributed by atoms with Crippen molar-refractivity contribution in [1.82, 2.24) is 0 Å². The van der Waals surface area contributed by atoms with E-state index in [-0.39, 0.29) is 60.1 Å². The number of rotatable bonds is 3. The van der Waals surface area contributed by atoms with Crippen LogP contribution in [0, 0.1) is 0 Å². The third-order valence-electron chi connectivity index (χ3n) is 0.699. The monoisotopic (exact) mass is 268 g/mol. The Balaban J connectivity index is -0.000000320. The first-order valence-electron chi connectivity index (χ1n) is 2.82. The van der Waals surface area contributed by atoms with E-state index >= 15 is 0 Å². The van der Waals surface area contributed by atoms with E-state index in [0.717, 1.165) is 0 Å². The summed E-state index contributed by atoms with van der Waals surface area (Å²) in [5.41, 5.74) is 0. The maximum Gasteiger partial charge on any atom is 0.313 e. The fraction of sp³-hybridized carbons (Fsp3) is 0.667. The number of ether oxygens (including phenoxy) is 1. The number of ketones is 1. The Bertz CT molecular complexity index is 127. The molecule has 0 atom stereocenters. The van der Waals surface area contributed by atoms with Crippen LogP contribution in [0.2, 0.25) is 0 Å². The summed E-state index contributed by atoms with van der Waals surface area (Å²) >= 11 is 0. The van der Waals surface area contributed by atoms with Crippen LogP contribution in [0.5, 0.6) is 0 Å². The molecule has 0 radical (unpaired) electrons. The largest absolute Gasteiger partial charge is 0.466 e. The van der Waals surface area contributed by atoms with E-state index in [4.69, 9.17) is 0 Å². The Morgan fingerprint density at radius 1 is 1.36 bits per heavy atom. The van der Waals surface area contributed by atoms with Gasteiger partial charge in [-0.25, -0.2) is 0 Å². The molecule has 0 aromatic carbocycles. The molecule has 0 N–H and O–H groups in total. The second-order valence-corrected chi connectivity index (χ2v) is 1.68. The van der Waals surface area contributed by atoms with Crippen LogP contribution in [-0.4, -0.2) is 18.4 Å². The van der Waals surface area contributed by atoms with Crippen LogP contribution in [0.25, 0.3) is 0 Å². The van der Waals surface area contributed by atoms with Gasteiger partial charge in [-0.05, 0) is 13.8 Å². The summed E-state index contributed by atoms with van der Waals surface area (Å²) in [6, 6.07) is 0. The smallest absolute Gasteiger partial charge is 0.313 e. The fourth-order valence-electron chi connectivity index (χ4n) is 0.415. The number of esters is 1. The fourth-order valence-corrected chi connectivity index (χ4v) is 0.415. The van der Waals surface area contributed by atoms with Gasteiger partial charge < -0.3 is 4.74 Å². The van der Waals surface area contributed by atoms with Crippen molar-refractivity contribution in [3.8, 4) is 0 Å². The molecular formula is C6H10O3TiZr. The van der Waals surface area contributed by atoms with E-state index in [1.54, 1.807) is 6.92 Å². The van der Waals surface area contributed by atoms with Gasteiger partial charge in [0.1, 0.15) is 12.2 Å². The molecule has 60 valence electrons. The Hall–Kier alpha value is 0.737. The molecule has 0 saturated carbocycles. The standard InChI is InChI=1S/C6H10O3.Ti.Zr/c1-3-9-6(8)4-5(2)7;;/h3-4H2,1-2H3;;. The molecule has 0 spiro atoms. The summed E-state index contributed by atoms with van der Waals surface area (Å²) in [5.74, 6) is -0.599. The average molecular weight is 269 g/mol. The van der Waals surface area contributed by atoms with Gasteiger partial charge in [0, 0.05) is 47.9 Å². The van der Waals surface area contributed by atoms with Crippen molar-refractivity contribution in [3.63, 3.8) is 0 Å². The topological polar surface area (TPSA) is 43.4 Å². The zero-order chi connectivity index (χ0) is 7.28. The SMILES string of the molecule is CCOC(=O)CC(C)=O.[Ti].[Zr]. The number of hydrogen-bond donors (Lipinski definition) is 0. The van der Waals surface area contributed by atoms with E-state index in [0.29, 0.717) is 6.61 Å². The van der Waals surface area contributed by atoms with Crippen molar-refractivity contribution in [1.29, 1.82) is 0 Å². The molecule has 0 aromatic heterocycles. The zero-order valence-electron chi connectivity index (χ0n) is 6.64. The van der Waals surface area contributed by atoms with Crippen molar-refractivity contribution < 1.29 is 62.2 Å². The zero-order valence-corrected chi connectivity index (χ0v) is 10.7. The Morgan fingerprint density at radius 3 is 2.09 bits per heavy atom. The molecule has 5 heteroatoms. The molecule has 0 aliphatic heterocycles. The van der Waals surface area contributed by atoms with Crippen LogP contribution in [0.15, 0.2) is 0 Å². The van der Waals surface area contributed by atoms with E-state index in [9.17, 15) is 9.59 Å². The number of hydrogen-bond acceptors (Lipinski definition) is 3. The van der Waals surface area contributed by atoms with Gasteiger partial charge in [-0.1, -0.05) is 0 Å². The van der Waals surface area contributed by atoms with E-state index in [2.05, 4.69) is 4.74 Å². The predicted molar refractivity (Wildman–Crippen MR) is 31.9 cm³/mol. The van der Waals surface area contributed by atoms with Crippen LogP contribution < -0.4 is 0 Å². The summed E-state index contributed by atoms with van der Waals surface area (Å²) in [6.07, 6.45) is -0.103. The molecule has 0 aliphatic rings. The molecule has 0 aliphatic carbocycles. The maximum atomic E-state index is 10.4. The summed E-state index contributed by atoms with van der Waals surface area (Å²) < 4.78 is 4.49. The second kappa shape index (κ2) is 10.7. The van der Waals surface area contributed by atoms with Crippen molar-refractivity contribution in [3.05, 3.63) is 0 Å². The van der Waals surface area contributed by atoms with Gasteiger partial charge in [-0.15, -0.1) is 0 Å². The summed E-state index contributed by atoms with van der Waals surface area (Å²) in [6.45, 7) is 3.40. The molecule has 0 saturated heterocycles. The van der Waals surface area contributed by atoms with Crippen molar-refractivity contribution in [2.24, 2.45) is 0 Å². The van der Waals surface area contributed by atoms with Gasteiger partial charge in [0.2, 0.25) is 0 Å². The minimum Gasteiger partial charge on any atom is -0.466 e. The quantitative estimate of drug-likeness (QED) is 0.426. The van der Waals surface area contributed by atoms with E-state index < -0.39 is 5.97 Å². The number of carbonyl (C=O) groups excluding carboxylic acids is 2. The molecule has 0 aromatic rings. The van der Waals surface area contributed by atoms with Gasteiger partial charge in [0.05, 0.1) is 6.61 Å². The number of carbonyl (C=O) groups is 2. The number of Topliss-reactive ketones (excluding diaryl/α,β-unsaturated/α-hetero) is 1. The van der Waals surface area contributed by atoms with Gasteiger partial charge in [0.25, 0.3) is 0 Å². The first-order chi connectivity index (χ1) is 4.16. The van der Waals surface area contributed by atoms with E-state index in [1.165, 1.54) is 6.92 Å². The van der Waals surface area contributed by atoms with Crippen LogP contribution in [0.1, 0.15) is 20.3 Å². The Labute approximate surface area is 100 Å². The van der Waals surface area contributed by atoms with Gasteiger partial charge in [-0.2, -0.15) is 0 Å². The van der Waals surface area contributed by atoms with Gasteiger partial charge >= 0.3 is 5.97 Å². The summed E-state index contributed by atoms with van der Waals surface area (Å²) in [5, 5.41) is 0. The van der Waals surface area contributed by atoms with Crippen molar-refractivity contribution in [2.45, 2.75) is 20.3 Å². The Morgan fingerprint density at radius 2 is 1.82 bits per heavy atom. The summed E-state index contributed by atoms with van der Waals surface area (Å²) in [7, 11) is 0. The molecule has 0 rings (SSSR count). The third-order valence-corrected chi connectivity index (χ3v) is 0.699. The van der Waals surface area contributed by atoms with Crippen molar-refractivity contribution in [2.75, 3.05) is 6.61 Å². The van der Waals surface area contributed by atoms with Crippen LogP contribution in [0.4, 0.5) is 0 Å². The summed E-state index contributed by atoms with van der Waals surface area (Å²) in [4.78, 5) is 20.6. The van der Waals surface area contributed by atoms with Crippen molar-refractivity contribution >= 4 is 11.8 Å². The maximum absolute atomic E-state index is 10.4. The van der Waals surface area contributed by atoms with E-state index in [1.807, 2.05) is 0 Å². The molecule has 0 unspecified atom stereocenters. The molecular weight excluding hydrogens is 259 g/mol. The van der Waals surface area contributed by atoms with Crippen LogP contribution >= 0.6 is 0 Å². The minimum atomic E-state index is -0.440. The molecule has 0 bridgehead atoms. The van der Waals surface area contributed by atoms with Crippen LogP contribution in [-0.2, 0) is 62.2 Å². The Kier molecular flexibility index (Phi) is 17.3. The predicted octanol–water partition coefficient (Wildman–Crippen LogP) is 0.524. The molecule has 0 heterocycles. The van der Waals surface area contributed by atoms with Gasteiger partial charge in [0.15, 0.2) is 0 Å². The first kappa shape index (κ1) is 17.7. The molecule has 0 amide bonds. The molecule has 11 heavy (non-hydrogen) atoms. The first-order valence-corrected chi connectivity index (χ1v) is 2.82. The van der Waals surface area contributed by atoms with Crippen LogP contribution in [0.3, 0.4) is 0 Å². The average Bonchev–Trinajstić information content (AvgIpc) is 1.63. The third kappa shape index (κ3) is 13.7. The second-order valence-electron chi connectivity index (χ2n) is 1.68. The molecule has 0 fully saturated rings. The minimum absolute atomic E-state index is 0.